The van der Waals surface area contributed by atoms with E-state index in [1.165, 1.54) is 35.3 Å². The van der Waals surface area contributed by atoms with E-state index >= 15 is 0 Å². The Balaban J connectivity index is 1.69. The van der Waals surface area contributed by atoms with Gasteiger partial charge in [-0.05, 0) is 31.5 Å². The van der Waals surface area contributed by atoms with E-state index in [1.54, 1.807) is 7.05 Å². The zero-order valence-corrected chi connectivity index (χ0v) is 19.3. The molecule has 32 heavy (non-hydrogen) atoms. The molecular weight excluding hydrogens is 450 g/mol. The maximum atomic E-state index is 12.6. The van der Waals surface area contributed by atoms with E-state index in [4.69, 9.17) is 4.74 Å². The molecule has 0 spiro atoms. The van der Waals surface area contributed by atoms with Crippen molar-refractivity contribution in [2.24, 2.45) is 0 Å². The Morgan fingerprint density at radius 3 is 2.59 bits per heavy atom. The zero-order chi connectivity index (χ0) is 23.3. The van der Waals surface area contributed by atoms with Gasteiger partial charge in [0.25, 0.3) is 11.6 Å². The molecule has 2 aromatic carbocycles. The van der Waals surface area contributed by atoms with E-state index < -0.39 is 17.0 Å². The Bertz CT molecular complexity index is 1130. The summed E-state index contributed by atoms with van der Waals surface area (Å²) in [7, 11) is 1.62. The van der Waals surface area contributed by atoms with E-state index in [1.807, 2.05) is 42.6 Å². The SMILES string of the molecule is Cc1csc(Sc2ccc(C(=O)OC(C)C(=O)N(C)Cc3ccccc3)cc2[N+](=O)[O-])n1. The number of hydrogen-bond donors (Lipinski definition) is 0. The minimum absolute atomic E-state index is 0.00160. The van der Waals surface area contributed by atoms with Crippen LogP contribution in [0, 0.1) is 17.0 Å². The lowest BCUT2D eigenvalue weighted by molar-refractivity contribution is -0.387. The van der Waals surface area contributed by atoms with Crippen LogP contribution in [0.1, 0.15) is 28.5 Å². The van der Waals surface area contributed by atoms with Crippen molar-refractivity contribution < 1.29 is 19.2 Å². The van der Waals surface area contributed by atoms with E-state index in [0.29, 0.717) is 15.8 Å². The largest absolute Gasteiger partial charge is 0.449 e. The number of nitro benzene ring substituents is 1. The van der Waals surface area contributed by atoms with E-state index in [0.717, 1.165) is 29.1 Å². The average molecular weight is 472 g/mol. The summed E-state index contributed by atoms with van der Waals surface area (Å²) >= 11 is 2.55. The Morgan fingerprint density at radius 2 is 1.97 bits per heavy atom. The van der Waals surface area contributed by atoms with Crippen molar-refractivity contribution in [2.75, 3.05) is 7.05 Å². The lowest BCUT2D eigenvalue weighted by Gasteiger charge is -2.21. The van der Waals surface area contributed by atoms with Crippen molar-refractivity contribution in [1.82, 2.24) is 9.88 Å². The molecule has 0 radical (unpaired) electrons. The molecule has 1 heterocycles. The molecule has 1 aromatic heterocycles. The summed E-state index contributed by atoms with van der Waals surface area (Å²) in [6.07, 6.45) is -1.04. The average Bonchev–Trinajstić information content (AvgIpc) is 3.18. The summed E-state index contributed by atoms with van der Waals surface area (Å²) in [4.78, 5) is 42.3. The highest BCUT2D eigenvalue weighted by Crippen LogP contribution is 2.37. The van der Waals surface area contributed by atoms with Crippen molar-refractivity contribution in [3.63, 3.8) is 0 Å². The molecule has 0 saturated carbocycles. The van der Waals surface area contributed by atoms with Crippen LogP contribution in [0.4, 0.5) is 5.69 Å². The topological polar surface area (TPSA) is 103 Å². The third-order valence-corrected chi connectivity index (χ3v) is 6.58. The molecule has 3 aromatic rings. The molecule has 0 N–H and O–H groups in total. The summed E-state index contributed by atoms with van der Waals surface area (Å²) in [6.45, 7) is 3.69. The number of hydrogen-bond acceptors (Lipinski definition) is 8. The lowest BCUT2D eigenvalue weighted by Crippen LogP contribution is -2.37. The monoisotopic (exact) mass is 471 g/mol. The number of ether oxygens (including phenoxy) is 1. The second kappa shape index (κ2) is 10.4. The smallest absolute Gasteiger partial charge is 0.339 e. The van der Waals surface area contributed by atoms with Gasteiger partial charge in [-0.15, -0.1) is 11.3 Å². The molecule has 0 aliphatic carbocycles. The number of carbonyl (C=O) groups is 2. The van der Waals surface area contributed by atoms with Gasteiger partial charge in [0.15, 0.2) is 10.4 Å². The van der Waals surface area contributed by atoms with Crippen molar-refractivity contribution in [3.8, 4) is 0 Å². The van der Waals surface area contributed by atoms with Crippen LogP contribution in [-0.4, -0.2) is 39.8 Å². The minimum atomic E-state index is -1.04. The van der Waals surface area contributed by atoms with Gasteiger partial charge < -0.3 is 9.64 Å². The molecular formula is C22H21N3O5S2. The summed E-state index contributed by atoms with van der Waals surface area (Å²) in [5.41, 5.74) is 1.55. The molecule has 3 rings (SSSR count). The molecule has 1 atom stereocenters. The molecule has 0 bridgehead atoms. The van der Waals surface area contributed by atoms with Crippen molar-refractivity contribution in [1.29, 1.82) is 0 Å². The first-order chi connectivity index (χ1) is 15.2. The Labute approximate surface area is 193 Å². The van der Waals surface area contributed by atoms with Crippen molar-refractivity contribution in [3.05, 3.63) is 80.8 Å². The summed E-state index contributed by atoms with van der Waals surface area (Å²) < 4.78 is 5.95. The third kappa shape index (κ3) is 5.92. The van der Waals surface area contributed by atoms with Crippen LogP contribution >= 0.6 is 23.1 Å². The number of aryl methyl sites for hydroxylation is 1. The van der Waals surface area contributed by atoms with Gasteiger partial charge in [-0.1, -0.05) is 42.1 Å². The van der Waals surface area contributed by atoms with Gasteiger partial charge in [-0.3, -0.25) is 14.9 Å². The van der Waals surface area contributed by atoms with Crippen LogP contribution in [0.15, 0.2) is 63.1 Å². The fourth-order valence-electron chi connectivity index (χ4n) is 2.87. The van der Waals surface area contributed by atoms with Crippen LogP contribution in [0.2, 0.25) is 0 Å². The number of amides is 1. The number of aromatic nitrogens is 1. The second-order valence-corrected chi connectivity index (χ2v) is 9.17. The molecule has 1 unspecified atom stereocenters. The van der Waals surface area contributed by atoms with E-state index in [2.05, 4.69) is 4.98 Å². The van der Waals surface area contributed by atoms with Crippen LogP contribution in [0.25, 0.3) is 0 Å². The molecule has 1 amide bonds. The Kier molecular flexibility index (Phi) is 7.60. The van der Waals surface area contributed by atoms with Crippen molar-refractivity contribution >= 4 is 40.7 Å². The quantitative estimate of drug-likeness (QED) is 0.266. The Morgan fingerprint density at radius 1 is 1.25 bits per heavy atom. The highest BCUT2D eigenvalue weighted by molar-refractivity contribution is 8.01. The fourth-order valence-corrected chi connectivity index (χ4v) is 4.75. The van der Waals surface area contributed by atoms with Crippen LogP contribution in [0.3, 0.4) is 0 Å². The minimum Gasteiger partial charge on any atom is -0.449 e. The molecule has 0 aliphatic heterocycles. The summed E-state index contributed by atoms with van der Waals surface area (Å²) in [5, 5.41) is 13.4. The van der Waals surface area contributed by atoms with Gasteiger partial charge in [0.05, 0.1) is 15.4 Å². The number of nitro groups is 1. The van der Waals surface area contributed by atoms with E-state index in [-0.39, 0.29) is 17.2 Å². The number of benzene rings is 2. The molecule has 0 saturated heterocycles. The zero-order valence-electron chi connectivity index (χ0n) is 17.7. The van der Waals surface area contributed by atoms with Gasteiger partial charge in [0.1, 0.15) is 0 Å². The van der Waals surface area contributed by atoms with E-state index in [9.17, 15) is 19.7 Å². The first-order valence-electron chi connectivity index (χ1n) is 9.63. The molecule has 8 nitrogen and oxygen atoms in total. The summed E-state index contributed by atoms with van der Waals surface area (Å²) in [6, 6.07) is 13.5. The van der Waals surface area contributed by atoms with Crippen LogP contribution < -0.4 is 0 Å². The highest BCUT2D eigenvalue weighted by Gasteiger charge is 2.25. The predicted molar refractivity (Wildman–Crippen MR) is 122 cm³/mol. The maximum absolute atomic E-state index is 12.6. The number of nitrogens with zero attached hydrogens (tertiary/aromatic N) is 3. The van der Waals surface area contributed by atoms with Gasteiger partial charge in [0.2, 0.25) is 0 Å². The second-order valence-electron chi connectivity index (χ2n) is 7.02. The first-order valence-corrected chi connectivity index (χ1v) is 11.3. The molecule has 166 valence electrons. The fraction of sp³-hybridized carbons (Fsp3) is 0.227. The number of rotatable bonds is 8. The number of likely N-dealkylation sites (N-methyl/N-ethyl adjacent to an activating group) is 1. The van der Waals surface area contributed by atoms with Crippen LogP contribution in [-0.2, 0) is 16.1 Å². The third-order valence-electron chi connectivity index (χ3n) is 4.46. The van der Waals surface area contributed by atoms with Gasteiger partial charge >= 0.3 is 5.97 Å². The summed E-state index contributed by atoms with van der Waals surface area (Å²) in [5.74, 6) is -1.17. The first kappa shape index (κ1) is 23.4. The normalized spacial score (nSPS) is 11.6. The maximum Gasteiger partial charge on any atom is 0.339 e. The van der Waals surface area contributed by atoms with Gasteiger partial charge in [0, 0.05) is 30.7 Å². The standard InChI is InChI=1S/C22H21N3O5S2/c1-14-13-31-22(23-14)32-19-10-9-17(11-18(19)25(28)29)21(27)30-15(2)20(26)24(3)12-16-7-5-4-6-8-16/h4-11,13,15H,12H2,1-3H3. The van der Waals surface area contributed by atoms with Crippen molar-refractivity contribution in [2.45, 2.75) is 35.7 Å². The van der Waals surface area contributed by atoms with Gasteiger partial charge in [-0.25, -0.2) is 9.78 Å². The Hall–Kier alpha value is -3.24. The number of esters is 1. The molecule has 0 fully saturated rings. The number of carbonyl (C=O) groups excluding carboxylic acids is 2. The predicted octanol–water partition coefficient (Wildman–Crippen LogP) is 4.71. The molecule has 10 heteroatoms. The highest BCUT2D eigenvalue weighted by atomic mass is 32.2. The van der Waals surface area contributed by atoms with Gasteiger partial charge in [-0.2, -0.15) is 0 Å². The number of thiazole rings is 1. The lowest BCUT2D eigenvalue weighted by atomic mass is 10.2. The van der Waals surface area contributed by atoms with Crippen LogP contribution in [0.5, 0.6) is 0 Å². The molecule has 0 aliphatic rings.